The van der Waals surface area contributed by atoms with Crippen LogP contribution >= 0.6 is 11.6 Å². The maximum atomic E-state index is 12.2. The summed E-state index contributed by atoms with van der Waals surface area (Å²) >= 11 is 5.90. The van der Waals surface area contributed by atoms with Crippen LogP contribution in [0.4, 0.5) is 11.4 Å². The number of aromatic nitrogens is 1. The van der Waals surface area contributed by atoms with Gasteiger partial charge in [-0.3, -0.25) is 9.78 Å². The molecule has 0 saturated heterocycles. The number of anilines is 2. The van der Waals surface area contributed by atoms with Gasteiger partial charge in [0.25, 0.3) is 0 Å². The van der Waals surface area contributed by atoms with E-state index in [0.29, 0.717) is 16.4 Å². The molecule has 2 N–H and O–H groups in total. The molecule has 0 unspecified atom stereocenters. The number of amides is 1. The predicted molar refractivity (Wildman–Crippen MR) is 77.2 cm³/mol. The van der Waals surface area contributed by atoms with Crippen molar-refractivity contribution < 1.29 is 4.79 Å². The Kier molecular flexibility index (Phi) is 4.02. The van der Waals surface area contributed by atoms with Gasteiger partial charge in [-0.1, -0.05) is 23.7 Å². The molecule has 19 heavy (non-hydrogen) atoms. The van der Waals surface area contributed by atoms with Gasteiger partial charge in [0, 0.05) is 18.3 Å². The molecule has 0 saturated carbocycles. The first-order valence-electron chi connectivity index (χ1n) is 5.78. The number of carbonyl (C=O) groups is 1. The van der Waals surface area contributed by atoms with E-state index in [4.69, 9.17) is 17.3 Å². The average Bonchev–Trinajstić information content (AvgIpc) is 2.38. The van der Waals surface area contributed by atoms with E-state index in [9.17, 15) is 4.79 Å². The molecule has 98 valence electrons. The van der Waals surface area contributed by atoms with E-state index >= 15 is 0 Å². The van der Waals surface area contributed by atoms with Crippen LogP contribution in [0.5, 0.6) is 0 Å². The largest absolute Gasteiger partial charge is 0.396 e. The third kappa shape index (κ3) is 3.23. The highest BCUT2D eigenvalue weighted by Gasteiger charge is 2.13. The Morgan fingerprint density at radius 3 is 2.89 bits per heavy atom. The number of nitrogens with two attached hydrogens (primary N) is 1. The first-order chi connectivity index (χ1) is 9.08. The van der Waals surface area contributed by atoms with Gasteiger partial charge < -0.3 is 10.6 Å². The number of hydrogen-bond acceptors (Lipinski definition) is 3. The van der Waals surface area contributed by atoms with Gasteiger partial charge in [0.15, 0.2) is 0 Å². The van der Waals surface area contributed by atoms with Gasteiger partial charge in [0.2, 0.25) is 5.91 Å². The molecule has 2 aromatic rings. The Morgan fingerprint density at radius 2 is 2.21 bits per heavy atom. The van der Waals surface area contributed by atoms with Crippen LogP contribution in [0.1, 0.15) is 5.56 Å². The second-order valence-electron chi connectivity index (χ2n) is 4.19. The average molecular weight is 276 g/mol. The minimum atomic E-state index is -0.0554. The molecule has 2 rings (SSSR count). The lowest BCUT2D eigenvalue weighted by Gasteiger charge is -2.18. The maximum Gasteiger partial charge on any atom is 0.231 e. The van der Waals surface area contributed by atoms with Gasteiger partial charge in [-0.15, -0.1) is 0 Å². The molecule has 0 aliphatic rings. The summed E-state index contributed by atoms with van der Waals surface area (Å²) in [6.45, 7) is 0. The third-order valence-electron chi connectivity index (χ3n) is 2.81. The Labute approximate surface area is 116 Å². The lowest BCUT2D eigenvalue weighted by Crippen LogP contribution is -2.28. The number of nitrogens with zero attached hydrogens (tertiary/aromatic N) is 2. The normalized spacial score (nSPS) is 10.2. The summed E-state index contributed by atoms with van der Waals surface area (Å²) in [5, 5.41) is 0.622. The van der Waals surface area contributed by atoms with Crippen molar-refractivity contribution in [1.29, 1.82) is 0 Å². The Balaban J connectivity index is 2.14. The van der Waals surface area contributed by atoms with Gasteiger partial charge in [0.05, 0.1) is 24.0 Å². The van der Waals surface area contributed by atoms with E-state index in [1.54, 1.807) is 31.4 Å². The highest BCUT2D eigenvalue weighted by molar-refractivity contribution is 6.30. The number of benzene rings is 1. The minimum absolute atomic E-state index is 0.0554. The van der Waals surface area contributed by atoms with Crippen molar-refractivity contribution in [1.82, 2.24) is 4.98 Å². The molecule has 5 heteroatoms. The molecule has 0 radical (unpaired) electrons. The number of pyridine rings is 1. The van der Waals surface area contributed by atoms with Crippen LogP contribution in [0.15, 0.2) is 42.7 Å². The molecule has 0 aliphatic carbocycles. The number of likely N-dealkylation sites (N-methyl/N-ethyl adjacent to an activating group) is 1. The quantitative estimate of drug-likeness (QED) is 0.936. The van der Waals surface area contributed by atoms with E-state index < -0.39 is 0 Å². The topological polar surface area (TPSA) is 59.2 Å². The fourth-order valence-electron chi connectivity index (χ4n) is 1.78. The van der Waals surface area contributed by atoms with Crippen molar-refractivity contribution in [2.75, 3.05) is 17.7 Å². The highest BCUT2D eigenvalue weighted by atomic mass is 35.5. The number of nitrogen functional groups attached to an aromatic ring is 1. The number of carbonyl (C=O) groups excluding carboxylic acids is 1. The molecule has 0 aliphatic heterocycles. The van der Waals surface area contributed by atoms with Gasteiger partial charge in [-0.2, -0.15) is 0 Å². The zero-order chi connectivity index (χ0) is 13.8. The van der Waals surface area contributed by atoms with Gasteiger partial charge in [-0.05, 0) is 23.8 Å². The van der Waals surface area contributed by atoms with Gasteiger partial charge in [0.1, 0.15) is 0 Å². The molecule has 1 aromatic heterocycles. The standard InChI is InChI=1S/C14H14ClN3O/c1-18(13-5-6-17-9-12(13)16)14(19)8-10-3-2-4-11(15)7-10/h2-7,9H,8,16H2,1H3. The summed E-state index contributed by atoms with van der Waals surface area (Å²) in [7, 11) is 1.69. The lowest BCUT2D eigenvalue weighted by atomic mass is 10.1. The highest BCUT2D eigenvalue weighted by Crippen LogP contribution is 2.21. The zero-order valence-electron chi connectivity index (χ0n) is 10.5. The molecule has 0 fully saturated rings. The second-order valence-corrected chi connectivity index (χ2v) is 4.63. The van der Waals surface area contributed by atoms with Crippen molar-refractivity contribution in [2.45, 2.75) is 6.42 Å². The summed E-state index contributed by atoms with van der Waals surface area (Å²) < 4.78 is 0. The van der Waals surface area contributed by atoms with Crippen LogP contribution in [-0.2, 0) is 11.2 Å². The molecular weight excluding hydrogens is 262 g/mol. The number of halogens is 1. The first-order valence-corrected chi connectivity index (χ1v) is 6.16. The molecule has 0 atom stereocenters. The summed E-state index contributed by atoms with van der Waals surface area (Å²) in [5.74, 6) is -0.0554. The Hall–Kier alpha value is -2.07. The van der Waals surface area contributed by atoms with Crippen LogP contribution < -0.4 is 10.6 Å². The van der Waals surface area contributed by atoms with Crippen LogP contribution in [0, 0.1) is 0 Å². The zero-order valence-corrected chi connectivity index (χ0v) is 11.3. The Morgan fingerprint density at radius 1 is 1.42 bits per heavy atom. The summed E-state index contributed by atoms with van der Waals surface area (Å²) in [4.78, 5) is 17.6. The van der Waals surface area contributed by atoms with Gasteiger partial charge in [-0.25, -0.2) is 0 Å². The van der Waals surface area contributed by atoms with Crippen molar-refractivity contribution >= 4 is 28.9 Å². The molecule has 1 heterocycles. The second kappa shape index (κ2) is 5.71. The molecule has 1 amide bonds. The van der Waals surface area contributed by atoms with E-state index in [2.05, 4.69) is 4.98 Å². The summed E-state index contributed by atoms with van der Waals surface area (Å²) in [6.07, 6.45) is 3.41. The summed E-state index contributed by atoms with van der Waals surface area (Å²) in [5.41, 5.74) is 7.80. The third-order valence-corrected chi connectivity index (χ3v) is 3.04. The fraction of sp³-hybridized carbons (Fsp3) is 0.143. The van der Waals surface area contributed by atoms with Crippen LogP contribution in [0.25, 0.3) is 0 Å². The molecule has 0 bridgehead atoms. The van der Waals surface area contributed by atoms with E-state index in [-0.39, 0.29) is 12.3 Å². The van der Waals surface area contributed by atoms with Crippen LogP contribution in [0.3, 0.4) is 0 Å². The number of rotatable bonds is 3. The van der Waals surface area contributed by atoms with Crippen molar-refractivity contribution in [2.24, 2.45) is 0 Å². The predicted octanol–water partition coefficient (Wildman–Crippen LogP) is 2.52. The molecule has 4 nitrogen and oxygen atoms in total. The van der Waals surface area contributed by atoms with E-state index in [0.717, 1.165) is 5.56 Å². The first kappa shape index (κ1) is 13.4. The Bertz CT molecular complexity index is 601. The SMILES string of the molecule is CN(C(=O)Cc1cccc(Cl)c1)c1ccncc1N. The van der Waals surface area contributed by atoms with Crippen molar-refractivity contribution in [3.63, 3.8) is 0 Å². The smallest absolute Gasteiger partial charge is 0.231 e. The minimum Gasteiger partial charge on any atom is -0.396 e. The summed E-state index contributed by atoms with van der Waals surface area (Å²) in [6, 6.07) is 8.97. The lowest BCUT2D eigenvalue weighted by molar-refractivity contribution is -0.117. The van der Waals surface area contributed by atoms with Crippen LogP contribution in [0.2, 0.25) is 5.02 Å². The van der Waals surface area contributed by atoms with E-state index in [1.807, 2.05) is 12.1 Å². The van der Waals surface area contributed by atoms with E-state index in [1.165, 1.54) is 11.1 Å². The monoisotopic (exact) mass is 275 g/mol. The number of hydrogen-bond donors (Lipinski definition) is 1. The van der Waals surface area contributed by atoms with Crippen LogP contribution in [-0.4, -0.2) is 17.9 Å². The maximum absolute atomic E-state index is 12.2. The van der Waals surface area contributed by atoms with Crippen molar-refractivity contribution in [3.05, 3.63) is 53.3 Å². The molecule has 0 spiro atoms. The fourth-order valence-corrected chi connectivity index (χ4v) is 1.99. The van der Waals surface area contributed by atoms with Crippen molar-refractivity contribution in [3.8, 4) is 0 Å². The molecular formula is C14H14ClN3O. The van der Waals surface area contributed by atoms with Gasteiger partial charge >= 0.3 is 0 Å². The molecule has 1 aromatic carbocycles.